The van der Waals surface area contributed by atoms with Gasteiger partial charge in [-0.15, -0.1) is 0 Å². The number of carbonyl (C=O) groups excluding carboxylic acids is 2. The number of carbonyl (C=O) groups is 2. The highest BCUT2D eigenvalue weighted by Gasteiger charge is 2.43. The van der Waals surface area contributed by atoms with Crippen LogP contribution < -0.4 is 20.8 Å². The van der Waals surface area contributed by atoms with Crippen molar-refractivity contribution in [3.05, 3.63) is 105 Å². The minimum Gasteiger partial charge on any atom is -0.484 e. The van der Waals surface area contributed by atoms with E-state index in [9.17, 15) is 14.4 Å². The molecule has 2 amide bonds. The lowest BCUT2D eigenvalue weighted by Crippen LogP contribution is -2.29. The average Bonchev–Trinajstić information content (AvgIpc) is 3.11. The molecule has 1 aliphatic rings. The van der Waals surface area contributed by atoms with E-state index in [4.69, 9.17) is 14.9 Å². The lowest BCUT2D eigenvalue weighted by atomic mass is 9.97. The molecule has 1 unspecified atom stereocenters. The van der Waals surface area contributed by atoms with Crippen molar-refractivity contribution in [2.24, 2.45) is 5.73 Å². The standard InChI is InChI=1S/C27H22N2O5/c1-15-3-8-18(9-4-15)29-24(17-6-10-19(11-7-17)33-14-22(28)30)23-25(31)20-13-16(2)5-12-21(20)34-26(23)27(29)32/h3-13,24H,14H2,1-2H3,(H2,28,30). The van der Waals surface area contributed by atoms with E-state index in [0.717, 1.165) is 11.1 Å². The van der Waals surface area contributed by atoms with E-state index in [1.54, 1.807) is 41.3 Å². The molecule has 4 aromatic rings. The van der Waals surface area contributed by atoms with Gasteiger partial charge in [0.2, 0.25) is 5.76 Å². The maximum absolute atomic E-state index is 13.7. The molecule has 0 saturated carbocycles. The van der Waals surface area contributed by atoms with Crippen LogP contribution in [0.5, 0.6) is 5.75 Å². The van der Waals surface area contributed by atoms with Gasteiger partial charge < -0.3 is 14.9 Å². The molecule has 7 heteroatoms. The second-order valence-corrected chi connectivity index (χ2v) is 8.41. The van der Waals surface area contributed by atoms with E-state index in [2.05, 4.69) is 0 Å². The van der Waals surface area contributed by atoms with Crippen LogP contribution in [-0.4, -0.2) is 18.4 Å². The highest BCUT2D eigenvalue weighted by atomic mass is 16.5. The fourth-order valence-electron chi connectivity index (χ4n) is 4.27. The van der Waals surface area contributed by atoms with E-state index in [0.29, 0.717) is 33.5 Å². The summed E-state index contributed by atoms with van der Waals surface area (Å²) in [5.41, 5.74) is 8.93. The van der Waals surface area contributed by atoms with Crippen molar-refractivity contribution < 1.29 is 18.7 Å². The number of anilines is 1. The van der Waals surface area contributed by atoms with Crippen LogP contribution in [0.15, 0.2) is 75.9 Å². The number of ether oxygens (including phenoxy) is 1. The van der Waals surface area contributed by atoms with Gasteiger partial charge >= 0.3 is 0 Å². The maximum Gasteiger partial charge on any atom is 0.295 e. The topological polar surface area (TPSA) is 103 Å². The van der Waals surface area contributed by atoms with Gasteiger partial charge in [0, 0.05) is 5.69 Å². The van der Waals surface area contributed by atoms with Crippen LogP contribution in [0.2, 0.25) is 0 Å². The SMILES string of the molecule is Cc1ccc(N2C(=O)c3oc4ccc(C)cc4c(=O)c3C2c2ccc(OCC(N)=O)cc2)cc1. The largest absolute Gasteiger partial charge is 0.484 e. The van der Waals surface area contributed by atoms with Crippen LogP contribution >= 0.6 is 0 Å². The normalized spacial score (nSPS) is 14.9. The predicted octanol–water partition coefficient (Wildman–Crippen LogP) is 4.02. The van der Waals surface area contributed by atoms with E-state index < -0.39 is 11.9 Å². The van der Waals surface area contributed by atoms with Crippen LogP contribution in [0.25, 0.3) is 11.0 Å². The van der Waals surface area contributed by atoms with Gasteiger partial charge in [-0.25, -0.2) is 0 Å². The number of amides is 2. The number of hydrogen-bond donors (Lipinski definition) is 1. The van der Waals surface area contributed by atoms with Gasteiger partial charge in [0.25, 0.3) is 11.8 Å². The molecule has 34 heavy (non-hydrogen) atoms. The first-order chi connectivity index (χ1) is 16.3. The summed E-state index contributed by atoms with van der Waals surface area (Å²) >= 11 is 0. The zero-order valence-corrected chi connectivity index (χ0v) is 18.7. The van der Waals surface area contributed by atoms with Gasteiger partial charge in [-0.05, 0) is 55.8 Å². The maximum atomic E-state index is 13.7. The Kier molecular flexibility index (Phi) is 5.17. The first-order valence-corrected chi connectivity index (χ1v) is 10.8. The Hall–Kier alpha value is -4.39. The van der Waals surface area contributed by atoms with Crippen molar-refractivity contribution in [3.63, 3.8) is 0 Å². The second kappa shape index (κ2) is 8.19. The van der Waals surface area contributed by atoms with Crippen LogP contribution in [0, 0.1) is 13.8 Å². The summed E-state index contributed by atoms with van der Waals surface area (Å²) in [7, 11) is 0. The highest BCUT2D eigenvalue weighted by molar-refractivity contribution is 6.10. The lowest BCUT2D eigenvalue weighted by molar-refractivity contribution is -0.119. The third-order valence-corrected chi connectivity index (χ3v) is 5.91. The third-order valence-electron chi connectivity index (χ3n) is 5.91. The number of aryl methyl sites for hydroxylation is 2. The van der Waals surface area contributed by atoms with Crippen molar-refractivity contribution in [2.75, 3.05) is 11.5 Å². The number of primary amides is 1. The number of rotatable bonds is 5. The molecule has 0 fully saturated rings. The fourth-order valence-corrected chi connectivity index (χ4v) is 4.27. The monoisotopic (exact) mass is 454 g/mol. The lowest BCUT2D eigenvalue weighted by Gasteiger charge is -2.25. The van der Waals surface area contributed by atoms with Crippen LogP contribution in [0.3, 0.4) is 0 Å². The van der Waals surface area contributed by atoms with Gasteiger partial charge in [0.05, 0.1) is 17.0 Å². The Bertz CT molecular complexity index is 1490. The smallest absolute Gasteiger partial charge is 0.295 e. The molecule has 0 bridgehead atoms. The predicted molar refractivity (Wildman–Crippen MR) is 128 cm³/mol. The molecule has 0 saturated heterocycles. The summed E-state index contributed by atoms with van der Waals surface area (Å²) in [6.45, 7) is 3.62. The highest BCUT2D eigenvalue weighted by Crippen LogP contribution is 2.41. The molecule has 3 aromatic carbocycles. The van der Waals surface area contributed by atoms with E-state index >= 15 is 0 Å². The molecule has 0 spiro atoms. The molecule has 7 nitrogen and oxygen atoms in total. The van der Waals surface area contributed by atoms with Crippen LogP contribution in [-0.2, 0) is 4.79 Å². The zero-order valence-electron chi connectivity index (χ0n) is 18.7. The van der Waals surface area contributed by atoms with Gasteiger partial charge in [-0.1, -0.05) is 41.5 Å². The first kappa shape index (κ1) is 21.5. The number of hydrogen-bond acceptors (Lipinski definition) is 5. The first-order valence-electron chi connectivity index (χ1n) is 10.8. The Balaban J connectivity index is 1.69. The summed E-state index contributed by atoms with van der Waals surface area (Å²) in [5, 5.41) is 0.434. The molecule has 1 aromatic heterocycles. The molecule has 2 heterocycles. The average molecular weight is 454 g/mol. The Labute approximate surface area is 195 Å². The van der Waals surface area contributed by atoms with Crippen LogP contribution in [0.1, 0.15) is 38.9 Å². The number of nitrogens with zero attached hydrogens (tertiary/aromatic N) is 1. The Morgan fingerprint density at radius 1 is 0.971 bits per heavy atom. The van der Waals surface area contributed by atoms with Crippen molar-refractivity contribution in [1.29, 1.82) is 0 Å². The number of fused-ring (bicyclic) bond motifs is 2. The van der Waals surface area contributed by atoms with Gasteiger partial charge in [-0.3, -0.25) is 19.3 Å². The van der Waals surface area contributed by atoms with Crippen molar-refractivity contribution in [3.8, 4) is 5.75 Å². The minimum absolute atomic E-state index is 0.0426. The van der Waals surface area contributed by atoms with E-state index in [1.807, 2.05) is 44.2 Å². The molecule has 0 radical (unpaired) electrons. The van der Waals surface area contributed by atoms with Crippen molar-refractivity contribution in [2.45, 2.75) is 19.9 Å². The molecule has 0 aliphatic carbocycles. The van der Waals surface area contributed by atoms with Crippen molar-refractivity contribution in [1.82, 2.24) is 0 Å². The number of nitrogens with two attached hydrogens (primary N) is 1. The molecule has 2 N–H and O–H groups in total. The summed E-state index contributed by atoms with van der Waals surface area (Å²) < 4.78 is 11.4. The minimum atomic E-state index is -0.684. The molecule has 5 rings (SSSR count). The summed E-state index contributed by atoms with van der Waals surface area (Å²) in [5.74, 6) is -0.460. The Morgan fingerprint density at radius 3 is 2.32 bits per heavy atom. The summed E-state index contributed by atoms with van der Waals surface area (Å²) in [6.07, 6.45) is 0. The molecular formula is C27H22N2O5. The fraction of sp³-hybridized carbons (Fsp3) is 0.148. The van der Waals surface area contributed by atoms with Gasteiger partial charge in [-0.2, -0.15) is 0 Å². The second-order valence-electron chi connectivity index (χ2n) is 8.41. The summed E-state index contributed by atoms with van der Waals surface area (Å²) in [6, 6.07) is 19.1. The molecule has 170 valence electrons. The van der Waals surface area contributed by atoms with Crippen LogP contribution in [0.4, 0.5) is 5.69 Å². The molecule has 1 atom stereocenters. The molecule has 1 aliphatic heterocycles. The molecular weight excluding hydrogens is 432 g/mol. The third kappa shape index (κ3) is 3.61. The van der Waals surface area contributed by atoms with Crippen molar-refractivity contribution >= 4 is 28.5 Å². The van der Waals surface area contributed by atoms with Gasteiger partial charge in [0.15, 0.2) is 12.0 Å². The Morgan fingerprint density at radius 2 is 1.65 bits per heavy atom. The summed E-state index contributed by atoms with van der Waals surface area (Å²) in [4.78, 5) is 39.9. The van der Waals surface area contributed by atoms with E-state index in [-0.39, 0.29) is 23.7 Å². The van der Waals surface area contributed by atoms with Gasteiger partial charge in [0.1, 0.15) is 11.3 Å². The zero-order chi connectivity index (χ0) is 24.0. The van der Waals surface area contributed by atoms with E-state index in [1.165, 1.54) is 0 Å². The quantitative estimate of drug-likeness (QED) is 0.491. The number of benzene rings is 3.